The third-order valence-corrected chi connectivity index (χ3v) is 3.16. The maximum absolute atomic E-state index is 5.88. The number of hydrogen-bond donors (Lipinski definition) is 1. The van der Waals surface area contributed by atoms with E-state index >= 15 is 0 Å². The molecule has 0 saturated heterocycles. The van der Waals surface area contributed by atoms with Crippen molar-refractivity contribution in [1.29, 1.82) is 0 Å². The van der Waals surface area contributed by atoms with Gasteiger partial charge in [-0.1, -0.05) is 25.1 Å². The van der Waals surface area contributed by atoms with Crippen LogP contribution in [-0.4, -0.2) is 12.1 Å². The van der Waals surface area contributed by atoms with Crippen molar-refractivity contribution in [3.8, 4) is 0 Å². The smallest absolute Gasteiger partial charge is 0.134 e. The van der Waals surface area contributed by atoms with Crippen LogP contribution in [0, 0.1) is 0 Å². The Labute approximate surface area is 109 Å². The molecule has 1 N–H and O–H groups in total. The molecule has 2 heteroatoms. The Balaban J connectivity index is 1.98. The first-order valence-corrected chi connectivity index (χ1v) is 6.69. The van der Waals surface area contributed by atoms with Crippen molar-refractivity contribution in [2.45, 2.75) is 45.6 Å². The van der Waals surface area contributed by atoms with Crippen molar-refractivity contribution < 1.29 is 4.42 Å². The van der Waals surface area contributed by atoms with E-state index in [1.807, 2.05) is 18.2 Å². The van der Waals surface area contributed by atoms with Gasteiger partial charge in [0.2, 0.25) is 0 Å². The predicted molar refractivity (Wildman–Crippen MR) is 77.0 cm³/mol. The maximum atomic E-state index is 5.88. The van der Waals surface area contributed by atoms with Crippen LogP contribution in [0.2, 0.25) is 0 Å². The lowest BCUT2D eigenvalue weighted by molar-refractivity contribution is 0.401. The van der Waals surface area contributed by atoms with Gasteiger partial charge in [0.05, 0.1) is 0 Å². The predicted octanol–water partition coefficient (Wildman–Crippen LogP) is 4.31. The Hall–Kier alpha value is -1.28. The summed E-state index contributed by atoms with van der Waals surface area (Å²) in [6, 6.07) is 10.4. The average Bonchev–Trinajstić information content (AvgIpc) is 2.70. The zero-order valence-electron chi connectivity index (χ0n) is 11.8. The van der Waals surface area contributed by atoms with Gasteiger partial charge in [0, 0.05) is 16.8 Å². The summed E-state index contributed by atoms with van der Waals surface area (Å²) in [7, 11) is 0. The SMILES string of the molecule is CC(CCNC(C)(C)C)c1cc2ccccc2o1. The summed E-state index contributed by atoms with van der Waals surface area (Å²) in [4.78, 5) is 0. The van der Waals surface area contributed by atoms with Gasteiger partial charge in [0.1, 0.15) is 11.3 Å². The van der Waals surface area contributed by atoms with E-state index < -0.39 is 0 Å². The van der Waals surface area contributed by atoms with Crippen molar-refractivity contribution in [2.24, 2.45) is 0 Å². The molecule has 2 nitrogen and oxygen atoms in total. The molecule has 0 aliphatic carbocycles. The van der Waals surface area contributed by atoms with E-state index in [9.17, 15) is 0 Å². The average molecular weight is 245 g/mol. The monoisotopic (exact) mass is 245 g/mol. The number of furan rings is 1. The van der Waals surface area contributed by atoms with Crippen molar-refractivity contribution in [1.82, 2.24) is 5.32 Å². The number of benzene rings is 1. The Morgan fingerprint density at radius 3 is 2.61 bits per heavy atom. The minimum atomic E-state index is 0.188. The molecule has 1 aromatic carbocycles. The van der Waals surface area contributed by atoms with Gasteiger partial charge in [-0.2, -0.15) is 0 Å². The Kier molecular flexibility index (Phi) is 3.76. The molecular formula is C16H23NO. The molecule has 98 valence electrons. The van der Waals surface area contributed by atoms with E-state index in [4.69, 9.17) is 4.42 Å². The molecule has 0 aliphatic heterocycles. The zero-order chi connectivity index (χ0) is 13.2. The van der Waals surface area contributed by atoms with Crippen molar-refractivity contribution >= 4 is 11.0 Å². The van der Waals surface area contributed by atoms with E-state index in [2.05, 4.69) is 45.1 Å². The summed E-state index contributed by atoms with van der Waals surface area (Å²) in [6.45, 7) is 9.82. The summed E-state index contributed by atoms with van der Waals surface area (Å²) in [6.07, 6.45) is 1.09. The fraction of sp³-hybridized carbons (Fsp3) is 0.500. The molecule has 18 heavy (non-hydrogen) atoms. The van der Waals surface area contributed by atoms with E-state index in [0.29, 0.717) is 5.92 Å². The topological polar surface area (TPSA) is 25.2 Å². The molecule has 0 bridgehead atoms. The third kappa shape index (κ3) is 3.36. The second-order valence-corrected chi connectivity index (χ2v) is 6.05. The molecule has 1 atom stereocenters. The minimum absolute atomic E-state index is 0.188. The standard InChI is InChI=1S/C16H23NO/c1-12(9-10-17-16(2,3)4)15-11-13-7-5-6-8-14(13)18-15/h5-8,11-12,17H,9-10H2,1-4H3. The van der Waals surface area contributed by atoms with Gasteiger partial charge in [0.25, 0.3) is 0 Å². The highest BCUT2D eigenvalue weighted by Crippen LogP contribution is 2.26. The summed E-state index contributed by atoms with van der Waals surface area (Å²) in [5.41, 5.74) is 1.18. The second-order valence-electron chi connectivity index (χ2n) is 6.05. The van der Waals surface area contributed by atoms with Crippen molar-refractivity contribution in [3.63, 3.8) is 0 Å². The first kappa shape index (κ1) is 13.2. The van der Waals surface area contributed by atoms with Gasteiger partial charge in [-0.25, -0.2) is 0 Å². The highest BCUT2D eigenvalue weighted by Gasteiger charge is 2.13. The number of rotatable bonds is 4. The van der Waals surface area contributed by atoms with Crippen LogP contribution in [0.25, 0.3) is 11.0 Å². The molecule has 1 aromatic heterocycles. The summed E-state index contributed by atoms with van der Waals surface area (Å²) < 4.78 is 5.88. The van der Waals surface area contributed by atoms with Crippen LogP contribution >= 0.6 is 0 Å². The van der Waals surface area contributed by atoms with Crippen LogP contribution in [-0.2, 0) is 0 Å². The lowest BCUT2D eigenvalue weighted by Gasteiger charge is -2.21. The molecule has 2 aromatic rings. The summed E-state index contributed by atoms with van der Waals surface area (Å²) >= 11 is 0. The maximum Gasteiger partial charge on any atom is 0.134 e. The first-order chi connectivity index (χ1) is 8.46. The zero-order valence-corrected chi connectivity index (χ0v) is 11.8. The van der Waals surface area contributed by atoms with E-state index in [1.165, 1.54) is 5.39 Å². The van der Waals surface area contributed by atoms with Crippen LogP contribution in [0.5, 0.6) is 0 Å². The first-order valence-electron chi connectivity index (χ1n) is 6.69. The van der Waals surface area contributed by atoms with Gasteiger partial charge in [0.15, 0.2) is 0 Å². The number of hydrogen-bond acceptors (Lipinski definition) is 2. The van der Waals surface area contributed by atoms with Gasteiger partial charge < -0.3 is 9.73 Å². The molecular weight excluding hydrogens is 222 g/mol. The van der Waals surface area contributed by atoms with E-state index in [1.54, 1.807) is 0 Å². The summed E-state index contributed by atoms with van der Waals surface area (Å²) in [5.74, 6) is 1.54. The molecule has 0 fully saturated rings. The molecule has 0 saturated carbocycles. The van der Waals surface area contributed by atoms with Crippen LogP contribution < -0.4 is 5.32 Å². The molecule has 0 aliphatic rings. The largest absolute Gasteiger partial charge is 0.461 e. The van der Waals surface area contributed by atoms with Gasteiger partial charge in [-0.05, 0) is 45.9 Å². The second kappa shape index (κ2) is 5.15. The number of nitrogens with one attached hydrogen (secondary N) is 1. The Bertz CT molecular complexity index is 474. The van der Waals surface area contributed by atoms with E-state index in [0.717, 1.165) is 24.3 Å². The molecule has 0 amide bonds. The van der Waals surface area contributed by atoms with Gasteiger partial charge >= 0.3 is 0 Å². The van der Waals surface area contributed by atoms with Crippen molar-refractivity contribution in [3.05, 3.63) is 36.1 Å². The molecule has 0 radical (unpaired) electrons. The molecule has 0 spiro atoms. The van der Waals surface area contributed by atoms with Crippen LogP contribution in [0.4, 0.5) is 0 Å². The minimum Gasteiger partial charge on any atom is -0.461 e. The fourth-order valence-corrected chi connectivity index (χ4v) is 2.05. The lowest BCUT2D eigenvalue weighted by Crippen LogP contribution is -2.36. The molecule has 2 rings (SSSR count). The lowest BCUT2D eigenvalue weighted by atomic mass is 10.0. The van der Waals surface area contributed by atoms with Gasteiger partial charge in [-0.3, -0.25) is 0 Å². The number of para-hydroxylation sites is 1. The molecule has 1 heterocycles. The third-order valence-electron chi connectivity index (χ3n) is 3.16. The normalized spacial score (nSPS) is 14.0. The number of fused-ring (bicyclic) bond motifs is 1. The summed E-state index contributed by atoms with van der Waals surface area (Å²) in [5, 5.41) is 4.71. The highest BCUT2D eigenvalue weighted by atomic mass is 16.3. The van der Waals surface area contributed by atoms with Crippen LogP contribution in [0.1, 0.15) is 45.8 Å². The molecule has 1 unspecified atom stereocenters. The Morgan fingerprint density at radius 1 is 1.22 bits per heavy atom. The van der Waals surface area contributed by atoms with E-state index in [-0.39, 0.29) is 5.54 Å². The van der Waals surface area contributed by atoms with Crippen molar-refractivity contribution in [2.75, 3.05) is 6.54 Å². The Morgan fingerprint density at radius 2 is 1.94 bits per heavy atom. The highest BCUT2D eigenvalue weighted by molar-refractivity contribution is 5.77. The van der Waals surface area contributed by atoms with Crippen LogP contribution in [0.15, 0.2) is 34.7 Å². The fourth-order valence-electron chi connectivity index (χ4n) is 2.05. The quantitative estimate of drug-likeness (QED) is 0.868. The van der Waals surface area contributed by atoms with Crippen LogP contribution in [0.3, 0.4) is 0 Å². The van der Waals surface area contributed by atoms with Gasteiger partial charge in [-0.15, -0.1) is 0 Å².